The van der Waals surface area contributed by atoms with Gasteiger partial charge in [0.25, 0.3) is 0 Å². The zero-order valence-corrected chi connectivity index (χ0v) is 20.2. The van der Waals surface area contributed by atoms with Crippen LogP contribution in [0.3, 0.4) is 0 Å². The first kappa shape index (κ1) is 19.1. The summed E-state index contributed by atoms with van der Waals surface area (Å²) in [5.41, 5.74) is 1.67. The maximum atomic E-state index is 2.71. The van der Waals surface area contributed by atoms with Gasteiger partial charge in [-0.1, -0.05) is 52.1 Å². The summed E-state index contributed by atoms with van der Waals surface area (Å²) in [5, 5.41) is 1.80. The minimum Gasteiger partial charge on any atom is -0.0835 e. The Morgan fingerprint density at radius 2 is 0.933 bits per heavy atom. The van der Waals surface area contributed by atoms with Crippen molar-refractivity contribution in [1.82, 2.24) is 0 Å². The molecule has 0 spiro atoms. The SMILES string of the molecule is CC(C)(c1ccccc1)P(C12CC3CC(CC(C3)C1)C2)C12CC3CC(CC(C3)C1)C2. The molecule has 0 aromatic heterocycles. The second-order valence-corrected chi connectivity index (χ2v) is 17.2. The molecule has 8 bridgehead atoms. The largest absolute Gasteiger partial charge is 0.0835 e. The minimum atomic E-state index is -0.0284. The van der Waals surface area contributed by atoms with Crippen LogP contribution in [0.15, 0.2) is 30.3 Å². The Morgan fingerprint density at radius 3 is 1.27 bits per heavy atom. The molecule has 9 rings (SSSR count). The molecule has 8 aliphatic carbocycles. The van der Waals surface area contributed by atoms with Crippen LogP contribution in [-0.2, 0) is 5.16 Å². The smallest absolute Gasteiger partial charge is 0.0108 e. The fourth-order valence-electron chi connectivity index (χ4n) is 11.3. The summed E-state index contributed by atoms with van der Waals surface area (Å²) >= 11 is 0. The van der Waals surface area contributed by atoms with Gasteiger partial charge < -0.3 is 0 Å². The summed E-state index contributed by atoms with van der Waals surface area (Å²) in [6, 6.07) is 11.9. The second kappa shape index (κ2) is 6.37. The van der Waals surface area contributed by atoms with E-state index in [9.17, 15) is 0 Å². The van der Waals surface area contributed by atoms with Gasteiger partial charge in [-0.2, -0.15) is 0 Å². The van der Waals surface area contributed by atoms with E-state index in [1.807, 2.05) is 0 Å². The van der Waals surface area contributed by atoms with Gasteiger partial charge in [-0.25, -0.2) is 0 Å². The van der Waals surface area contributed by atoms with Crippen LogP contribution in [0.2, 0.25) is 0 Å². The molecule has 8 fully saturated rings. The number of hydrogen-bond donors (Lipinski definition) is 0. The predicted molar refractivity (Wildman–Crippen MR) is 128 cm³/mol. The van der Waals surface area contributed by atoms with Crippen molar-refractivity contribution in [2.75, 3.05) is 0 Å². The van der Waals surface area contributed by atoms with Crippen molar-refractivity contribution in [1.29, 1.82) is 0 Å². The zero-order chi connectivity index (χ0) is 20.1. The first-order valence-electron chi connectivity index (χ1n) is 13.3. The van der Waals surface area contributed by atoms with Crippen molar-refractivity contribution in [2.45, 2.75) is 106 Å². The van der Waals surface area contributed by atoms with Crippen molar-refractivity contribution < 1.29 is 0 Å². The standard InChI is InChI=1S/C29H41P/c1-27(2,26-6-4-3-5-7-26)30(28-14-20-8-21(15-28)10-22(9-20)16-28)29-17-23-11-24(18-29)13-25(12-23)19-29/h3-7,20-25H,8-19H2,1-2H3. The lowest BCUT2D eigenvalue weighted by molar-refractivity contribution is 0.0169. The maximum absolute atomic E-state index is 2.71. The fourth-order valence-corrected chi connectivity index (χ4v) is 17.8. The molecule has 0 radical (unpaired) electrons. The Balaban J connectivity index is 1.38. The minimum absolute atomic E-state index is 0.0284. The van der Waals surface area contributed by atoms with Gasteiger partial charge in [0.2, 0.25) is 0 Å². The number of rotatable bonds is 4. The number of hydrogen-bond acceptors (Lipinski definition) is 0. The van der Waals surface area contributed by atoms with E-state index >= 15 is 0 Å². The van der Waals surface area contributed by atoms with Crippen LogP contribution >= 0.6 is 7.92 Å². The first-order chi connectivity index (χ1) is 14.4. The highest BCUT2D eigenvalue weighted by Gasteiger charge is 2.65. The highest BCUT2D eigenvalue weighted by Crippen LogP contribution is 2.84. The van der Waals surface area contributed by atoms with E-state index in [4.69, 9.17) is 0 Å². The Labute approximate surface area is 185 Å². The number of benzene rings is 1. The van der Waals surface area contributed by atoms with Gasteiger partial charge in [0.1, 0.15) is 0 Å². The highest BCUT2D eigenvalue weighted by molar-refractivity contribution is 7.62. The van der Waals surface area contributed by atoms with Crippen LogP contribution < -0.4 is 0 Å². The normalized spacial score (nSPS) is 49.5. The molecule has 1 heteroatoms. The van der Waals surface area contributed by atoms with Crippen molar-refractivity contribution >= 4 is 7.92 Å². The van der Waals surface area contributed by atoms with Gasteiger partial charge >= 0.3 is 0 Å². The molecule has 8 saturated carbocycles. The Kier molecular flexibility index (Phi) is 4.06. The Morgan fingerprint density at radius 1 is 0.600 bits per heavy atom. The molecule has 0 atom stereocenters. The molecular formula is C29H41P. The van der Waals surface area contributed by atoms with E-state index in [-0.39, 0.29) is 7.92 Å². The molecule has 0 heterocycles. The van der Waals surface area contributed by atoms with Crippen LogP contribution in [0.4, 0.5) is 0 Å². The molecule has 0 amide bonds. The molecule has 1 aromatic rings. The summed E-state index contributed by atoms with van der Waals surface area (Å²) in [7, 11) is -0.0284. The lowest BCUT2D eigenvalue weighted by Crippen LogP contribution is -2.58. The molecule has 0 unspecified atom stereocenters. The van der Waals surface area contributed by atoms with Gasteiger partial charge in [0.15, 0.2) is 0 Å². The van der Waals surface area contributed by atoms with E-state index in [1.165, 1.54) is 0 Å². The van der Waals surface area contributed by atoms with Crippen LogP contribution in [0, 0.1) is 35.5 Å². The summed E-state index contributed by atoms with van der Waals surface area (Å²) in [4.78, 5) is 0. The van der Waals surface area contributed by atoms with Gasteiger partial charge in [-0.3, -0.25) is 0 Å². The summed E-state index contributed by atoms with van der Waals surface area (Å²) < 4.78 is 0. The van der Waals surface area contributed by atoms with E-state index in [1.54, 1.807) is 82.6 Å². The summed E-state index contributed by atoms with van der Waals surface area (Å²) in [6.07, 6.45) is 19.2. The van der Waals surface area contributed by atoms with E-state index in [0.717, 1.165) is 45.8 Å². The monoisotopic (exact) mass is 420 g/mol. The van der Waals surface area contributed by atoms with Crippen LogP contribution in [0.25, 0.3) is 0 Å². The third-order valence-electron chi connectivity index (χ3n) is 11.0. The molecule has 0 N–H and O–H groups in total. The van der Waals surface area contributed by atoms with Crippen molar-refractivity contribution in [3.63, 3.8) is 0 Å². The van der Waals surface area contributed by atoms with Gasteiger partial charge in [0, 0.05) is 5.16 Å². The molecule has 0 saturated heterocycles. The van der Waals surface area contributed by atoms with Crippen molar-refractivity contribution in [3.05, 3.63) is 35.9 Å². The van der Waals surface area contributed by atoms with Crippen molar-refractivity contribution in [2.24, 2.45) is 35.5 Å². The van der Waals surface area contributed by atoms with Crippen LogP contribution in [0.5, 0.6) is 0 Å². The molecular weight excluding hydrogens is 379 g/mol. The van der Waals surface area contributed by atoms with Gasteiger partial charge in [0.05, 0.1) is 0 Å². The van der Waals surface area contributed by atoms with E-state index < -0.39 is 0 Å². The molecule has 8 aliphatic rings. The maximum Gasteiger partial charge on any atom is 0.0108 e. The molecule has 30 heavy (non-hydrogen) atoms. The first-order valence-corrected chi connectivity index (χ1v) is 14.6. The van der Waals surface area contributed by atoms with E-state index in [2.05, 4.69) is 44.2 Å². The summed E-state index contributed by atoms with van der Waals surface area (Å²) in [6.45, 7) is 5.43. The quantitative estimate of drug-likeness (QED) is 0.429. The third-order valence-corrected chi connectivity index (χ3v) is 15.4. The van der Waals surface area contributed by atoms with Crippen molar-refractivity contribution in [3.8, 4) is 0 Å². The highest BCUT2D eigenvalue weighted by atomic mass is 31.1. The lowest BCUT2D eigenvalue weighted by Gasteiger charge is -2.70. The van der Waals surface area contributed by atoms with Crippen LogP contribution in [-0.4, -0.2) is 10.3 Å². The van der Waals surface area contributed by atoms with Crippen LogP contribution in [0.1, 0.15) is 96.5 Å². The molecule has 0 aliphatic heterocycles. The Hall–Kier alpha value is -0.350. The Bertz CT molecular complexity index is 705. The van der Waals surface area contributed by atoms with E-state index in [0.29, 0.717) is 5.16 Å². The lowest BCUT2D eigenvalue weighted by atomic mass is 9.55. The van der Waals surface area contributed by atoms with Gasteiger partial charge in [-0.05, 0) is 128 Å². The summed E-state index contributed by atoms with van der Waals surface area (Å²) in [5.74, 6) is 6.51. The molecule has 162 valence electrons. The average molecular weight is 421 g/mol. The average Bonchev–Trinajstić information content (AvgIpc) is 2.65. The topological polar surface area (TPSA) is 0 Å². The molecule has 0 nitrogen and oxygen atoms in total. The predicted octanol–water partition coefficient (Wildman–Crippen LogP) is 8.34. The molecule has 1 aromatic carbocycles. The third kappa shape index (κ3) is 2.68. The fraction of sp³-hybridized carbons (Fsp3) is 0.793. The second-order valence-electron chi connectivity index (χ2n) is 13.5. The van der Waals surface area contributed by atoms with Gasteiger partial charge in [-0.15, -0.1) is 0 Å². The zero-order valence-electron chi connectivity index (χ0n) is 19.3.